The molecule has 1 aromatic carbocycles. The van der Waals surface area contributed by atoms with E-state index < -0.39 is 5.97 Å². The highest BCUT2D eigenvalue weighted by atomic mass is 32.2. The average molecular weight is 313 g/mol. The van der Waals surface area contributed by atoms with Crippen LogP contribution >= 0.6 is 11.8 Å². The third-order valence-electron chi connectivity index (χ3n) is 2.84. The molecule has 110 valence electrons. The van der Waals surface area contributed by atoms with Gasteiger partial charge in [-0.2, -0.15) is 0 Å². The average Bonchev–Trinajstić information content (AvgIpc) is 3.03. The first-order chi connectivity index (χ1) is 10.7. The van der Waals surface area contributed by atoms with E-state index >= 15 is 0 Å². The van der Waals surface area contributed by atoms with Crippen molar-refractivity contribution in [2.45, 2.75) is 5.16 Å². The summed E-state index contributed by atoms with van der Waals surface area (Å²) in [6, 6.07) is 7.71. The number of rotatable bonds is 5. The fraction of sp³-hybridized carbons (Fsp3) is 0.0714. The Morgan fingerprint density at radius 3 is 2.45 bits per heavy atom. The zero-order valence-corrected chi connectivity index (χ0v) is 12.1. The molecule has 0 fully saturated rings. The first-order valence-corrected chi connectivity index (χ1v) is 7.34. The van der Waals surface area contributed by atoms with E-state index in [1.54, 1.807) is 12.4 Å². The van der Waals surface area contributed by atoms with Crippen molar-refractivity contribution in [3.63, 3.8) is 0 Å². The SMILES string of the molecule is O=C(O)CSc1n[nH]c(-c2ccc(-c3cncnc3)cc2)n1. The van der Waals surface area contributed by atoms with E-state index in [1.165, 1.54) is 6.33 Å². The lowest BCUT2D eigenvalue weighted by molar-refractivity contribution is -0.133. The molecule has 2 aromatic heterocycles. The first-order valence-electron chi connectivity index (χ1n) is 6.35. The molecule has 0 spiro atoms. The third kappa shape index (κ3) is 3.29. The van der Waals surface area contributed by atoms with Gasteiger partial charge in [-0.25, -0.2) is 15.0 Å². The number of nitrogens with zero attached hydrogens (tertiary/aromatic N) is 4. The van der Waals surface area contributed by atoms with Crippen LogP contribution in [0.15, 0.2) is 48.1 Å². The fourth-order valence-corrected chi connectivity index (χ4v) is 2.35. The van der Waals surface area contributed by atoms with E-state index in [0.29, 0.717) is 11.0 Å². The van der Waals surface area contributed by atoms with E-state index in [9.17, 15) is 4.79 Å². The topological polar surface area (TPSA) is 105 Å². The highest BCUT2D eigenvalue weighted by Crippen LogP contribution is 2.23. The number of aliphatic carboxylic acids is 1. The van der Waals surface area contributed by atoms with Gasteiger partial charge >= 0.3 is 5.97 Å². The fourth-order valence-electron chi connectivity index (χ4n) is 1.84. The Bertz CT molecular complexity index is 773. The summed E-state index contributed by atoms with van der Waals surface area (Å²) in [6.07, 6.45) is 4.98. The zero-order valence-electron chi connectivity index (χ0n) is 11.3. The Morgan fingerprint density at radius 2 is 1.77 bits per heavy atom. The number of nitrogens with one attached hydrogen (secondary N) is 1. The maximum atomic E-state index is 10.5. The minimum atomic E-state index is -0.897. The van der Waals surface area contributed by atoms with Crippen LogP contribution in [-0.2, 0) is 4.79 Å². The molecule has 22 heavy (non-hydrogen) atoms. The van der Waals surface area contributed by atoms with Crippen LogP contribution in [0.3, 0.4) is 0 Å². The molecule has 0 aliphatic heterocycles. The number of thioether (sulfide) groups is 1. The molecule has 0 radical (unpaired) electrons. The highest BCUT2D eigenvalue weighted by molar-refractivity contribution is 7.99. The van der Waals surface area contributed by atoms with Crippen molar-refractivity contribution in [2.24, 2.45) is 0 Å². The summed E-state index contributed by atoms with van der Waals surface area (Å²) in [7, 11) is 0. The molecule has 0 aliphatic carbocycles. The molecular weight excluding hydrogens is 302 g/mol. The van der Waals surface area contributed by atoms with Crippen LogP contribution in [0.2, 0.25) is 0 Å². The van der Waals surface area contributed by atoms with E-state index in [1.807, 2.05) is 24.3 Å². The molecule has 0 atom stereocenters. The molecule has 0 bridgehead atoms. The molecule has 2 heterocycles. The molecule has 0 saturated carbocycles. The number of carboxylic acids is 1. The molecule has 0 saturated heterocycles. The van der Waals surface area contributed by atoms with Crippen LogP contribution < -0.4 is 0 Å². The van der Waals surface area contributed by atoms with Gasteiger partial charge in [0.2, 0.25) is 5.16 Å². The number of hydrogen-bond donors (Lipinski definition) is 2. The summed E-state index contributed by atoms with van der Waals surface area (Å²) in [5, 5.41) is 15.8. The van der Waals surface area contributed by atoms with Gasteiger partial charge in [-0.15, -0.1) is 5.10 Å². The molecule has 3 aromatic rings. The summed E-state index contributed by atoms with van der Waals surface area (Å²) in [6.45, 7) is 0. The molecule has 0 amide bonds. The Balaban J connectivity index is 1.77. The van der Waals surface area contributed by atoms with Gasteiger partial charge in [0.1, 0.15) is 6.33 Å². The van der Waals surface area contributed by atoms with Crippen LogP contribution in [0.5, 0.6) is 0 Å². The number of H-pyrrole nitrogens is 1. The van der Waals surface area contributed by atoms with Gasteiger partial charge in [0, 0.05) is 23.5 Å². The summed E-state index contributed by atoms with van der Waals surface area (Å²) >= 11 is 1.07. The van der Waals surface area contributed by atoms with Crippen LogP contribution in [0.25, 0.3) is 22.5 Å². The Morgan fingerprint density at radius 1 is 1.09 bits per heavy atom. The van der Waals surface area contributed by atoms with E-state index in [-0.39, 0.29) is 5.75 Å². The van der Waals surface area contributed by atoms with Gasteiger partial charge in [-0.1, -0.05) is 36.0 Å². The van der Waals surface area contributed by atoms with Crippen molar-refractivity contribution in [2.75, 3.05) is 5.75 Å². The van der Waals surface area contributed by atoms with E-state index in [4.69, 9.17) is 5.11 Å². The lowest BCUT2D eigenvalue weighted by atomic mass is 10.1. The smallest absolute Gasteiger partial charge is 0.313 e. The quantitative estimate of drug-likeness (QED) is 0.695. The van der Waals surface area contributed by atoms with Gasteiger partial charge in [-0.3, -0.25) is 9.89 Å². The van der Waals surface area contributed by atoms with Gasteiger partial charge in [0.25, 0.3) is 0 Å². The summed E-state index contributed by atoms with van der Waals surface area (Å²) < 4.78 is 0. The second kappa shape index (κ2) is 6.35. The number of carbonyl (C=O) groups is 1. The Hall–Kier alpha value is -2.74. The molecule has 8 heteroatoms. The lowest BCUT2D eigenvalue weighted by Crippen LogP contribution is -1.97. The van der Waals surface area contributed by atoms with Crippen LogP contribution in [-0.4, -0.2) is 42.0 Å². The van der Waals surface area contributed by atoms with Gasteiger partial charge < -0.3 is 5.11 Å². The lowest BCUT2D eigenvalue weighted by Gasteiger charge is -2.01. The number of aromatic amines is 1. The number of hydrogen-bond acceptors (Lipinski definition) is 6. The predicted octanol–water partition coefficient (Wildman–Crippen LogP) is 2.11. The second-order valence-corrected chi connectivity index (χ2v) is 5.30. The van der Waals surface area contributed by atoms with Gasteiger partial charge in [-0.05, 0) is 5.56 Å². The molecule has 3 rings (SSSR count). The molecular formula is C14H11N5O2S. The number of carboxylic acid groups (broad SMARTS) is 1. The predicted molar refractivity (Wildman–Crippen MR) is 81.2 cm³/mol. The van der Waals surface area contributed by atoms with Crippen LogP contribution in [0, 0.1) is 0 Å². The van der Waals surface area contributed by atoms with E-state index in [0.717, 1.165) is 28.5 Å². The normalized spacial score (nSPS) is 10.5. The zero-order chi connectivity index (χ0) is 15.4. The first kappa shape index (κ1) is 14.2. The van der Waals surface area contributed by atoms with Crippen molar-refractivity contribution in [1.29, 1.82) is 0 Å². The maximum absolute atomic E-state index is 10.5. The molecule has 0 aliphatic rings. The monoisotopic (exact) mass is 313 g/mol. The minimum absolute atomic E-state index is 0.0652. The molecule has 0 unspecified atom stereocenters. The second-order valence-electron chi connectivity index (χ2n) is 4.35. The summed E-state index contributed by atoms with van der Waals surface area (Å²) in [5.41, 5.74) is 2.81. The highest BCUT2D eigenvalue weighted by Gasteiger charge is 2.08. The number of aromatic nitrogens is 5. The van der Waals surface area contributed by atoms with Gasteiger partial charge in [0.15, 0.2) is 5.82 Å². The molecule has 2 N–H and O–H groups in total. The van der Waals surface area contributed by atoms with Gasteiger partial charge in [0.05, 0.1) is 5.75 Å². The van der Waals surface area contributed by atoms with Crippen molar-refractivity contribution < 1.29 is 9.90 Å². The Labute approximate surface area is 129 Å². The van der Waals surface area contributed by atoms with Crippen molar-refractivity contribution in [3.05, 3.63) is 43.0 Å². The van der Waals surface area contributed by atoms with E-state index in [2.05, 4.69) is 25.1 Å². The van der Waals surface area contributed by atoms with Crippen LogP contribution in [0.4, 0.5) is 0 Å². The Kier molecular flexibility index (Phi) is 4.10. The van der Waals surface area contributed by atoms with Crippen molar-refractivity contribution in [1.82, 2.24) is 25.1 Å². The van der Waals surface area contributed by atoms with Crippen molar-refractivity contribution in [3.8, 4) is 22.5 Å². The van der Waals surface area contributed by atoms with Crippen LogP contribution in [0.1, 0.15) is 0 Å². The maximum Gasteiger partial charge on any atom is 0.313 e. The largest absolute Gasteiger partial charge is 0.481 e. The number of benzene rings is 1. The third-order valence-corrected chi connectivity index (χ3v) is 3.67. The summed E-state index contributed by atoms with van der Waals surface area (Å²) in [5.74, 6) is -0.362. The minimum Gasteiger partial charge on any atom is -0.481 e. The summed E-state index contributed by atoms with van der Waals surface area (Å²) in [4.78, 5) is 22.8. The standard InChI is InChI=1S/C14H11N5O2S/c20-12(21)7-22-14-17-13(18-19-14)10-3-1-9(2-4-10)11-5-15-8-16-6-11/h1-6,8H,7H2,(H,20,21)(H,17,18,19). The molecule has 7 nitrogen and oxygen atoms in total. The van der Waals surface area contributed by atoms with Crippen molar-refractivity contribution >= 4 is 17.7 Å².